The Morgan fingerprint density at radius 3 is 2.48 bits per heavy atom. The highest BCUT2D eigenvalue weighted by Gasteiger charge is 2.48. The molecule has 0 aromatic rings. The standard InChI is InChI=1S/C15H23N3O3/c16-14-10-3-2-9(8-10)13(14)15(21)17-6-1-7-18-11(19)4-5-12(18)20/h9-10,13-14H,1-8,16H2,(H,17,21). The van der Waals surface area contributed by atoms with Crippen LogP contribution in [0.2, 0.25) is 0 Å². The van der Waals surface area contributed by atoms with Crippen molar-refractivity contribution in [1.82, 2.24) is 10.2 Å². The van der Waals surface area contributed by atoms with Gasteiger partial charge in [-0.1, -0.05) is 0 Å². The predicted octanol–water partition coefficient (Wildman–Crippen LogP) is 0.0151. The number of hydrogen-bond acceptors (Lipinski definition) is 4. The molecule has 4 unspecified atom stereocenters. The van der Waals surface area contributed by atoms with Gasteiger partial charge < -0.3 is 11.1 Å². The summed E-state index contributed by atoms with van der Waals surface area (Å²) in [6.07, 6.45) is 4.63. The molecule has 1 saturated heterocycles. The Kier molecular flexibility index (Phi) is 3.97. The van der Waals surface area contributed by atoms with Crippen molar-refractivity contribution in [1.29, 1.82) is 0 Å². The summed E-state index contributed by atoms with van der Waals surface area (Å²) in [5.41, 5.74) is 6.15. The number of nitrogens with one attached hydrogen (secondary N) is 1. The van der Waals surface area contributed by atoms with E-state index in [4.69, 9.17) is 5.73 Å². The first-order valence-electron chi connectivity index (χ1n) is 7.94. The molecule has 21 heavy (non-hydrogen) atoms. The Balaban J connectivity index is 1.41. The zero-order valence-electron chi connectivity index (χ0n) is 12.2. The zero-order chi connectivity index (χ0) is 15.0. The van der Waals surface area contributed by atoms with E-state index in [1.54, 1.807) is 0 Å². The minimum atomic E-state index is -0.0959. The number of carbonyl (C=O) groups is 3. The summed E-state index contributed by atoms with van der Waals surface area (Å²) in [5.74, 6) is 0.785. The molecule has 1 heterocycles. The van der Waals surface area contributed by atoms with Gasteiger partial charge in [0, 0.05) is 32.0 Å². The van der Waals surface area contributed by atoms with Crippen molar-refractivity contribution in [3.63, 3.8) is 0 Å². The molecule has 1 aliphatic heterocycles. The fourth-order valence-corrected chi connectivity index (χ4v) is 4.16. The first kappa shape index (κ1) is 14.5. The lowest BCUT2D eigenvalue weighted by molar-refractivity contribution is -0.138. The number of rotatable bonds is 5. The molecule has 4 atom stereocenters. The van der Waals surface area contributed by atoms with Crippen LogP contribution in [0.25, 0.3) is 0 Å². The van der Waals surface area contributed by atoms with Gasteiger partial charge in [0.05, 0.1) is 5.92 Å². The molecule has 3 rings (SSSR count). The van der Waals surface area contributed by atoms with Gasteiger partial charge in [-0.05, 0) is 37.5 Å². The lowest BCUT2D eigenvalue weighted by Gasteiger charge is -2.27. The van der Waals surface area contributed by atoms with Gasteiger partial charge in [0.1, 0.15) is 0 Å². The first-order chi connectivity index (χ1) is 10.1. The van der Waals surface area contributed by atoms with Crippen LogP contribution in [0.4, 0.5) is 0 Å². The molecule has 0 spiro atoms. The maximum atomic E-state index is 12.2. The van der Waals surface area contributed by atoms with Crippen molar-refractivity contribution < 1.29 is 14.4 Å². The summed E-state index contributed by atoms with van der Waals surface area (Å²) in [4.78, 5) is 36.4. The van der Waals surface area contributed by atoms with E-state index >= 15 is 0 Å². The van der Waals surface area contributed by atoms with Crippen LogP contribution in [0.5, 0.6) is 0 Å². The van der Waals surface area contributed by atoms with E-state index < -0.39 is 0 Å². The van der Waals surface area contributed by atoms with Crippen LogP contribution in [0.1, 0.15) is 38.5 Å². The highest BCUT2D eigenvalue weighted by molar-refractivity contribution is 6.01. The summed E-state index contributed by atoms with van der Waals surface area (Å²) < 4.78 is 0. The Labute approximate surface area is 124 Å². The molecule has 3 amide bonds. The molecule has 3 N–H and O–H groups in total. The molecular weight excluding hydrogens is 270 g/mol. The molecule has 3 fully saturated rings. The largest absolute Gasteiger partial charge is 0.356 e. The van der Waals surface area contributed by atoms with Crippen LogP contribution in [0.15, 0.2) is 0 Å². The number of nitrogens with zero attached hydrogens (tertiary/aromatic N) is 1. The van der Waals surface area contributed by atoms with E-state index in [-0.39, 0.29) is 29.7 Å². The van der Waals surface area contributed by atoms with Gasteiger partial charge >= 0.3 is 0 Å². The lowest BCUT2D eigenvalue weighted by atomic mass is 9.84. The molecule has 0 aromatic heterocycles. The third-order valence-electron chi connectivity index (χ3n) is 5.30. The number of carbonyl (C=O) groups excluding carboxylic acids is 3. The van der Waals surface area contributed by atoms with E-state index in [9.17, 15) is 14.4 Å². The summed E-state index contributed by atoms with van der Waals surface area (Å²) in [6, 6.07) is 0.00508. The van der Waals surface area contributed by atoms with Gasteiger partial charge in [-0.15, -0.1) is 0 Å². The Bertz CT molecular complexity index is 447. The average Bonchev–Trinajstić information content (AvgIpc) is 3.12. The molecule has 2 bridgehead atoms. The van der Waals surface area contributed by atoms with Crippen molar-refractivity contribution in [3.05, 3.63) is 0 Å². The van der Waals surface area contributed by atoms with Crippen molar-refractivity contribution in [2.24, 2.45) is 23.5 Å². The second kappa shape index (κ2) is 5.75. The van der Waals surface area contributed by atoms with E-state index in [0.717, 1.165) is 19.3 Å². The van der Waals surface area contributed by atoms with Gasteiger partial charge in [0.25, 0.3) is 0 Å². The number of likely N-dealkylation sites (tertiary alicyclic amines) is 1. The Morgan fingerprint density at radius 2 is 1.86 bits per heavy atom. The van der Waals surface area contributed by atoms with Crippen molar-refractivity contribution in [3.8, 4) is 0 Å². The molecule has 6 heteroatoms. The normalized spacial score (nSPS) is 34.8. The third kappa shape index (κ3) is 2.69. The van der Waals surface area contributed by atoms with Crippen molar-refractivity contribution in [2.75, 3.05) is 13.1 Å². The minimum Gasteiger partial charge on any atom is -0.356 e. The molecule has 0 aromatic carbocycles. The van der Waals surface area contributed by atoms with Gasteiger partial charge in [0.2, 0.25) is 17.7 Å². The molecular formula is C15H23N3O3. The van der Waals surface area contributed by atoms with Crippen LogP contribution in [-0.2, 0) is 14.4 Å². The van der Waals surface area contributed by atoms with Gasteiger partial charge in [-0.25, -0.2) is 0 Å². The summed E-state index contributed by atoms with van der Waals surface area (Å²) >= 11 is 0. The number of imide groups is 1. The maximum Gasteiger partial charge on any atom is 0.229 e. The van der Waals surface area contributed by atoms with Gasteiger partial charge in [-0.2, -0.15) is 0 Å². The Morgan fingerprint density at radius 1 is 1.19 bits per heavy atom. The second-order valence-electron chi connectivity index (χ2n) is 6.52. The molecule has 2 saturated carbocycles. The topological polar surface area (TPSA) is 92.5 Å². The van der Waals surface area contributed by atoms with Gasteiger partial charge in [0.15, 0.2) is 0 Å². The Hall–Kier alpha value is -1.43. The highest BCUT2D eigenvalue weighted by Crippen LogP contribution is 2.47. The fraction of sp³-hybridized carbons (Fsp3) is 0.800. The molecule has 116 valence electrons. The zero-order valence-corrected chi connectivity index (χ0v) is 12.2. The third-order valence-corrected chi connectivity index (χ3v) is 5.30. The van der Waals surface area contributed by atoms with Gasteiger partial charge in [-0.3, -0.25) is 19.3 Å². The van der Waals surface area contributed by atoms with Crippen LogP contribution >= 0.6 is 0 Å². The number of fused-ring (bicyclic) bond motifs is 2. The van der Waals surface area contributed by atoms with Crippen LogP contribution in [-0.4, -0.2) is 41.8 Å². The van der Waals surface area contributed by atoms with Crippen LogP contribution in [0.3, 0.4) is 0 Å². The van der Waals surface area contributed by atoms with E-state index in [1.165, 1.54) is 4.90 Å². The second-order valence-corrected chi connectivity index (χ2v) is 6.52. The molecule has 2 aliphatic carbocycles. The van der Waals surface area contributed by atoms with E-state index in [0.29, 0.717) is 44.2 Å². The highest BCUT2D eigenvalue weighted by atomic mass is 16.2. The van der Waals surface area contributed by atoms with Crippen LogP contribution < -0.4 is 11.1 Å². The molecule has 3 aliphatic rings. The number of amides is 3. The van der Waals surface area contributed by atoms with Crippen molar-refractivity contribution >= 4 is 17.7 Å². The summed E-state index contributed by atoms with van der Waals surface area (Å²) in [7, 11) is 0. The van der Waals surface area contributed by atoms with Crippen LogP contribution in [0, 0.1) is 17.8 Å². The summed E-state index contributed by atoms with van der Waals surface area (Å²) in [6.45, 7) is 0.900. The SMILES string of the molecule is NC1C2CCC(C2)C1C(=O)NCCCN1C(=O)CCC1=O. The summed E-state index contributed by atoms with van der Waals surface area (Å²) in [5, 5.41) is 2.93. The fourth-order valence-electron chi connectivity index (χ4n) is 4.16. The minimum absolute atomic E-state index is 0.00508. The number of nitrogens with two attached hydrogens (primary N) is 1. The predicted molar refractivity (Wildman–Crippen MR) is 75.9 cm³/mol. The van der Waals surface area contributed by atoms with Crippen molar-refractivity contribution in [2.45, 2.75) is 44.6 Å². The first-order valence-corrected chi connectivity index (χ1v) is 7.94. The monoisotopic (exact) mass is 293 g/mol. The number of hydrogen-bond donors (Lipinski definition) is 2. The molecule has 0 radical (unpaired) electrons. The maximum absolute atomic E-state index is 12.2. The van der Waals surface area contributed by atoms with E-state index in [2.05, 4.69) is 5.32 Å². The lowest BCUT2D eigenvalue weighted by Crippen LogP contribution is -2.45. The smallest absolute Gasteiger partial charge is 0.229 e. The quantitative estimate of drug-likeness (QED) is 0.552. The average molecular weight is 293 g/mol. The molecule has 6 nitrogen and oxygen atoms in total. The van der Waals surface area contributed by atoms with E-state index in [1.807, 2.05) is 0 Å².